The summed E-state index contributed by atoms with van der Waals surface area (Å²) in [5.74, 6) is 0.749. The average Bonchev–Trinajstić information content (AvgIpc) is 2.95. The number of aromatic nitrogens is 3. The van der Waals surface area contributed by atoms with Crippen molar-refractivity contribution < 1.29 is 14.4 Å². The Morgan fingerprint density at radius 1 is 1.16 bits per heavy atom. The number of hydrogen-bond acceptors (Lipinski definition) is 6. The lowest BCUT2D eigenvalue weighted by atomic mass is 10.1. The third-order valence-corrected chi connectivity index (χ3v) is 6.61. The van der Waals surface area contributed by atoms with Crippen molar-refractivity contribution in [2.75, 3.05) is 18.8 Å². The van der Waals surface area contributed by atoms with E-state index >= 15 is 0 Å². The second-order valence-electron chi connectivity index (χ2n) is 8.28. The van der Waals surface area contributed by atoms with Gasteiger partial charge in [0.15, 0.2) is 5.16 Å². The van der Waals surface area contributed by atoms with E-state index in [0.29, 0.717) is 23.2 Å². The molecule has 2 saturated heterocycles. The van der Waals surface area contributed by atoms with E-state index in [0.717, 1.165) is 37.2 Å². The molecule has 170 valence electrons. The summed E-state index contributed by atoms with van der Waals surface area (Å²) in [6.07, 6.45) is 5.01. The van der Waals surface area contributed by atoms with Crippen LogP contribution < -0.4 is 10.6 Å². The maximum atomic E-state index is 12.8. The zero-order valence-electron chi connectivity index (χ0n) is 18.2. The van der Waals surface area contributed by atoms with Gasteiger partial charge >= 0.3 is 6.03 Å². The molecule has 0 saturated carbocycles. The van der Waals surface area contributed by atoms with Gasteiger partial charge in [-0.25, -0.2) is 4.79 Å². The molecule has 1 unspecified atom stereocenters. The van der Waals surface area contributed by atoms with Crippen LogP contribution in [0.15, 0.2) is 29.4 Å². The number of amides is 4. The van der Waals surface area contributed by atoms with Crippen LogP contribution in [0.2, 0.25) is 0 Å². The zero-order chi connectivity index (χ0) is 22.5. The number of nitrogens with one attached hydrogen (secondary N) is 2. The molecule has 10 heteroatoms. The first-order valence-corrected chi connectivity index (χ1v) is 12.0. The third-order valence-electron chi connectivity index (χ3n) is 5.69. The highest BCUT2D eigenvalue weighted by Gasteiger charge is 2.27. The third kappa shape index (κ3) is 5.48. The first-order chi connectivity index (χ1) is 15.5. The fourth-order valence-corrected chi connectivity index (χ4v) is 4.98. The SMILES string of the molecule is Cc1cccc(-n2c(CC3CC(=O)NC(=O)N3)nnc2SCC(=O)N2CCCCCC2)c1. The highest BCUT2D eigenvalue weighted by Crippen LogP contribution is 2.25. The fourth-order valence-electron chi connectivity index (χ4n) is 4.11. The summed E-state index contributed by atoms with van der Waals surface area (Å²) >= 11 is 1.37. The lowest BCUT2D eigenvalue weighted by Gasteiger charge is -2.23. The maximum Gasteiger partial charge on any atom is 0.321 e. The number of rotatable bonds is 6. The van der Waals surface area contributed by atoms with Crippen molar-refractivity contribution in [2.24, 2.45) is 0 Å². The molecule has 0 spiro atoms. The molecule has 0 bridgehead atoms. The number of hydrogen-bond donors (Lipinski definition) is 2. The van der Waals surface area contributed by atoms with E-state index in [1.807, 2.05) is 40.7 Å². The summed E-state index contributed by atoms with van der Waals surface area (Å²) in [5.41, 5.74) is 1.98. The summed E-state index contributed by atoms with van der Waals surface area (Å²) in [5, 5.41) is 14.4. The Balaban J connectivity index is 1.54. The van der Waals surface area contributed by atoms with Gasteiger partial charge in [-0.3, -0.25) is 19.5 Å². The number of likely N-dealkylation sites (tertiary alicyclic amines) is 1. The van der Waals surface area contributed by atoms with Crippen LogP contribution in [0.3, 0.4) is 0 Å². The van der Waals surface area contributed by atoms with Crippen LogP contribution >= 0.6 is 11.8 Å². The van der Waals surface area contributed by atoms with E-state index in [1.54, 1.807) is 0 Å². The molecule has 9 nitrogen and oxygen atoms in total. The first kappa shape index (κ1) is 22.3. The van der Waals surface area contributed by atoms with E-state index in [4.69, 9.17) is 0 Å². The smallest absolute Gasteiger partial charge is 0.321 e. The Hall–Kier alpha value is -2.88. The van der Waals surface area contributed by atoms with Crippen LogP contribution in [0, 0.1) is 6.92 Å². The summed E-state index contributed by atoms with van der Waals surface area (Å²) < 4.78 is 1.92. The van der Waals surface area contributed by atoms with Crippen molar-refractivity contribution in [1.82, 2.24) is 30.3 Å². The molecule has 32 heavy (non-hydrogen) atoms. The highest BCUT2D eigenvalue weighted by molar-refractivity contribution is 7.99. The Morgan fingerprint density at radius 3 is 2.66 bits per heavy atom. The van der Waals surface area contributed by atoms with E-state index in [2.05, 4.69) is 20.8 Å². The summed E-state index contributed by atoms with van der Waals surface area (Å²) in [4.78, 5) is 38.2. The molecule has 2 aliphatic heterocycles. The molecule has 4 rings (SSSR count). The van der Waals surface area contributed by atoms with Gasteiger partial charge in [0.25, 0.3) is 0 Å². The van der Waals surface area contributed by atoms with Crippen molar-refractivity contribution in [3.63, 3.8) is 0 Å². The van der Waals surface area contributed by atoms with E-state index in [9.17, 15) is 14.4 Å². The van der Waals surface area contributed by atoms with Gasteiger partial charge in [-0.2, -0.15) is 0 Å². The minimum atomic E-state index is -0.495. The number of benzene rings is 1. The minimum absolute atomic E-state index is 0.119. The molecule has 0 radical (unpaired) electrons. The molecule has 2 aliphatic rings. The van der Waals surface area contributed by atoms with Gasteiger partial charge < -0.3 is 10.2 Å². The van der Waals surface area contributed by atoms with Gasteiger partial charge in [0.2, 0.25) is 11.8 Å². The standard InChI is InChI=1S/C22H28N6O3S/c1-15-7-6-8-17(11-15)28-18(12-16-13-19(29)24-21(31)23-16)25-26-22(28)32-14-20(30)27-9-4-2-3-5-10-27/h6-8,11,16H,2-5,9-10,12-14H2,1H3,(H2,23,24,29,31). The van der Waals surface area contributed by atoms with Crippen molar-refractivity contribution in [3.05, 3.63) is 35.7 Å². The molecule has 2 N–H and O–H groups in total. The molecule has 1 aromatic carbocycles. The molecule has 1 atom stereocenters. The number of carbonyl (C=O) groups is 3. The molecular weight excluding hydrogens is 428 g/mol. The van der Waals surface area contributed by atoms with Crippen molar-refractivity contribution in [3.8, 4) is 5.69 Å². The van der Waals surface area contributed by atoms with Crippen molar-refractivity contribution in [2.45, 2.75) is 56.6 Å². The quantitative estimate of drug-likeness (QED) is 0.645. The molecule has 1 aromatic heterocycles. The predicted octanol–water partition coefficient (Wildman–Crippen LogP) is 2.21. The first-order valence-electron chi connectivity index (χ1n) is 11.0. The second-order valence-corrected chi connectivity index (χ2v) is 9.23. The van der Waals surface area contributed by atoms with E-state index < -0.39 is 6.03 Å². The molecule has 0 aliphatic carbocycles. The van der Waals surface area contributed by atoms with Gasteiger partial charge in [0, 0.05) is 37.7 Å². The fraction of sp³-hybridized carbons (Fsp3) is 0.500. The van der Waals surface area contributed by atoms with Crippen molar-refractivity contribution in [1.29, 1.82) is 0 Å². The Morgan fingerprint density at radius 2 is 1.94 bits per heavy atom. The largest absolute Gasteiger partial charge is 0.342 e. The van der Waals surface area contributed by atoms with E-state index in [-0.39, 0.29) is 24.3 Å². The van der Waals surface area contributed by atoms with Crippen LogP contribution in [0.25, 0.3) is 5.69 Å². The molecule has 2 fully saturated rings. The van der Waals surface area contributed by atoms with Crippen LogP contribution in [0.4, 0.5) is 4.79 Å². The second kappa shape index (κ2) is 10.2. The topological polar surface area (TPSA) is 109 Å². The lowest BCUT2D eigenvalue weighted by molar-refractivity contribution is -0.128. The van der Waals surface area contributed by atoms with Gasteiger partial charge in [0.1, 0.15) is 5.82 Å². The minimum Gasteiger partial charge on any atom is -0.342 e. The number of carbonyl (C=O) groups excluding carboxylic acids is 3. The Labute approximate surface area is 191 Å². The van der Waals surface area contributed by atoms with Crippen LogP contribution in [0.5, 0.6) is 0 Å². The van der Waals surface area contributed by atoms with Gasteiger partial charge in [0.05, 0.1) is 5.75 Å². The number of thioether (sulfide) groups is 1. The van der Waals surface area contributed by atoms with Crippen LogP contribution in [0.1, 0.15) is 43.5 Å². The lowest BCUT2D eigenvalue weighted by Crippen LogP contribution is -2.53. The molecule has 2 aromatic rings. The number of urea groups is 1. The Bertz CT molecular complexity index is 983. The zero-order valence-corrected chi connectivity index (χ0v) is 19.0. The summed E-state index contributed by atoms with van der Waals surface area (Å²) in [6, 6.07) is 7.11. The number of imide groups is 1. The van der Waals surface area contributed by atoms with Crippen LogP contribution in [-0.4, -0.2) is 62.4 Å². The number of aryl methyl sites for hydroxylation is 1. The predicted molar refractivity (Wildman–Crippen MR) is 121 cm³/mol. The van der Waals surface area contributed by atoms with Crippen molar-refractivity contribution >= 4 is 29.6 Å². The molecule has 4 amide bonds. The van der Waals surface area contributed by atoms with E-state index in [1.165, 1.54) is 24.6 Å². The highest BCUT2D eigenvalue weighted by atomic mass is 32.2. The Kier molecular flexibility index (Phi) is 7.09. The molecular formula is C22H28N6O3S. The normalized spacial score (nSPS) is 19.3. The summed E-state index contributed by atoms with van der Waals surface area (Å²) in [6.45, 7) is 3.65. The summed E-state index contributed by atoms with van der Waals surface area (Å²) in [7, 11) is 0. The number of nitrogens with zero attached hydrogens (tertiary/aromatic N) is 4. The monoisotopic (exact) mass is 456 g/mol. The maximum absolute atomic E-state index is 12.8. The van der Waals surface area contributed by atoms with Crippen LogP contribution in [-0.2, 0) is 16.0 Å². The van der Waals surface area contributed by atoms with Gasteiger partial charge in [-0.15, -0.1) is 10.2 Å². The van der Waals surface area contributed by atoms with Gasteiger partial charge in [-0.1, -0.05) is 36.7 Å². The average molecular weight is 457 g/mol. The molecule has 3 heterocycles. The van der Waals surface area contributed by atoms with Gasteiger partial charge in [-0.05, 0) is 37.5 Å².